The Morgan fingerprint density at radius 3 is 0.707 bits per heavy atom. The van der Waals surface area contributed by atoms with Gasteiger partial charge < -0.3 is 9.79 Å². The molecule has 0 aliphatic carbocycles. The fraction of sp³-hybridized carbons (Fsp3) is 0.455. The van der Waals surface area contributed by atoms with Gasteiger partial charge in [0.15, 0.2) is 0 Å². The standard InChI is InChI=1S/C22H30AtO2P.C22H30ClOP.C22H31O2P.C22H31OP.C11H15Br.C11H16/c1-15-9-11-17(21(3,4)5)13-19(15)26(24,25-23)20-14-18(22(6,7)8)12-10-16(20)2;2*1-15-9-11-17(21(3,4)5)13-19(15)25(23,24)20-14-18(22(6,7)8)12-10-16(20)2;1-15-9-11-17(21(3,4)5)13-19(15)24(23)20-14-18(22(6,7)8)12-10-16(20)2;1-8-5-6-9(7-10(8)12)11(2,3)4;1-9-5-7-10(8-6-9)11(2,3)4/h9-14H,1-8H3;9-14H,1-8H3;9-14H,1-8H3,(H,23,24);9-14,24H,1-8H3;5-7H,1-4H3;5-8H,1-4H3. The van der Waals surface area contributed by atoms with Gasteiger partial charge in [-0.25, -0.2) is 0 Å². The number of hydrogen-bond donors (Lipinski definition) is 1. The largest absolute Gasteiger partial charge is 0.673 e. The van der Waals surface area contributed by atoms with Crippen LogP contribution in [0.15, 0.2) is 193 Å². The Balaban J connectivity index is 0.000000268. The average molecular weight is 2020 g/mol. The predicted molar refractivity (Wildman–Crippen MR) is 544 cm³/mol. The molecule has 10 aromatic rings. The molecule has 0 amide bonds. The third-order valence-corrected chi connectivity index (χ3v) is 36.3. The van der Waals surface area contributed by atoms with Crippen molar-refractivity contribution < 1.29 is 51.2 Å². The van der Waals surface area contributed by atoms with E-state index in [1.807, 2.05) is 90.1 Å². The fourth-order valence-corrected chi connectivity index (χ4v) is 24.7. The Bertz CT molecular complexity index is 5060. The number of rotatable bonds is 9. The van der Waals surface area contributed by atoms with Gasteiger partial charge in [0.2, 0.25) is 6.49 Å². The van der Waals surface area contributed by atoms with E-state index in [0.29, 0.717) is 10.6 Å². The van der Waals surface area contributed by atoms with Crippen molar-refractivity contribution >= 4 is 99.0 Å². The molecule has 10 rings (SSSR count). The maximum absolute atomic E-state index is 14.2. The first-order chi connectivity index (χ1) is 55.6. The molecule has 13 heteroatoms. The molecule has 0 fully saturated rings. The van der Waals surface area contributed by atoms with Crippen molar-refractivity contribution in [1.82, 2.24) is 0 Å². The van der Waals surface area contributed by atoms with Crippen molar-refractivity contribution in [2.45, 2.75) is 331 Å². The van der Waals surface area contributed by atoms with Crippen LogP contribution in [0, 0.1) is 94.4 Å². The van der Waals surface area contributed by atoms with Crippen LogP contribution in [-0.4, -0.2) is 4.89 Å². The minimum atomic E-state index is -3.67. The molecule has 0 unspecified atom stereocenters. The van der Waals surface area contributed by atoms with Crippen molar-refractivity contribution in [3.8, 4) is 0 Å². The van der Waals surface area contributed by atoms with E-state index in [2.05, 4.69) is 391 Å². The molecule has 1 N–H and O–H groups in total. The molecule has 0 heterocycles. The molecule has 0 saturated heterocycles. The second-order valence-electron chi connectivity index (χ2n) is 44.5. The summed E-state index contributed by atoms with van der Waals surface area (Å²) in [6.45, 7) is 82.3. The van der Waals surface area contributed by atoms with E-state index in [4.69, 9.17) is 13.8 Å². The molecule has 0 bridgehead atoms. The van der Waals surface area contributed by atoms with Gasteiger partial charge in [-0.2, -0.15) is 0 Å². The molecule has 6 nitrogen and oxygen atoms in total. The first-order valence-electron chi connectivity index (χ1n) is 43.5. The molecular formula is C110H153AtBrClO6P4. The van der Waals surface area contributed by atoms with E-state index >= 15 is 0 Å². The Morgan fingerprint density at radius 2 is 0.472 bits per heavy atom. The number of aryl methyl sites for hydroxylation is 10. The van der Waals surface area contributed by atoms with Crippen LogP contribution in [0.2, 0.25) is 0 Å². The monoisotopic (exact) mass is 2020 g/mol. The quantitative estimate of drug-likeness (QED) is 0.144. The second kappa shape index (κ2) is 41.3. The maximum Gasteiger partial charge on any atom is 0.0942 e. The molecule has 0 atom stereocenters. The van der Waals surface area contributed by atoms with Crippen molar-refractivity contribution in [2.75, 3.05) is 0 Å². The average Bonchev–Trinajstić information content (AvgIpc) is 0.773. The van der Waals surface area contributed by atoms with Gasteiger partial charge >= 0.3 is 175 Å². The first-order valence-corrected chi connectivity index (χ1v) is 52.7. The maximum atomic E-state index is 14.2. The molecule has 0 aliphatic rings. The van der Waals surface area contributed by atoms with E-state index in [1.165, 1.54) is 49.0 Å². The zero-order chi connectivity index (χ0) is 94.4. The van der Waals surface area contributed by atoms with Crippen LogP contribution >= 0.6 is 56.6 Å². The minimum absolute atomic E-state index is 0.00606. The number of halogens is 2. The SMILES string of the molecule is Cc1ccc(C(C)(C)C)cc1.Cc1ccc(C(C)(C)C)cc1Br.Cc1ccc(C(C)(C)C)cc1P(=O)(Cl)c1cc(C(C)(C)C)ccc1C.Cc1ccc(C(C)(C)C)cc1P(=O)(O)c1cc(C(C)(C)C)ccc1C.Cc1ccc(C(C)(C)C)cc1P(=O)(O[At])c1cc(C(C)(C)C)ccc1C.Cc1ccc(C(C)(C)C)cc1[PH+]([O-])c1cc(C(C)(C)C)ccc1C. The molecule has 0 spiro atoms. The van der Waals surface area contributed by atoms with Crippen molar-refractivity contribution in [3.63, 3.8) is 0 Å². The third kappa shape index (κ3) is 29.4. The van der Waals surface area contributed by atoms with Crippen LogP contribution in [0.3, 0.4) is 0 Å². The van der Waals surface area contributed by atoms with Crippen molar-refractivity contribution in [3.05, 3.63) is 304 Å². The number of benzene rings is 10. The summed E-state index contributed by atoms with van der Waals surface area (Å²) in [4.78, 5) is 24.6. The van der Waals surface area contributed by atoms with E-state index in [-0.39, 0.29) is 54.1 Å². The normalized spacial score (nSPS) is 12.8. The van der Waals surface area contributed by atoms with Gasteiger partial charge in [-0.3, -0.25) is 9.13 Å². The van der Waals surface area contributed by atoms with Gasteiger partial charge in [0, 0.05) is 33.8 Å². The van der Waals surface area contributed by atoms with Crippen LogP contribution in [0.25, 0.3) is 0 Å². The van der Waals surface area contributed by atoms with Crippen LogP contribution in [0.1, 0.15) is 319 Å². The zero-order valence-corrected chi connectivity index (χ0v) is 91.8. The Kier molecular flexibility index (Phi) is 36.4. The van der Waals surface area contributed by atoms with Crippen LogP contribution < -0.4 is 47.3 Å². The van der Waals surface area contributed by atoms with Gasteiger partial charge in [-0.1, -0.05) is 297 Å². The number of hydrogen-bond acceptors (Lipinski definition) is 5. The van der Waals surface area contributed by atoms with Gasteiger partial charge in [0.05, 0.1) is 10.6 Å². The first kappa shape index (κ1) is 108. The van der Waals surface area contributed by atoms with E-state index in [9.17, 15) is 23.5 Å². The molecule has 123 heavy (non-hydrogen) atoms. The van der Waals surface area contributed by atoms with E-state index in [0.717, 1.165) is 124 Å². The molecule has 0 aliphatic heterocycles. The Hall–Kier alpha value is -5.15. The molecule has 0 saturated carbocycles. The molecule has 0 aromatic heterocycles. The molecule has 10 aromatic carbocycles. The fourth-order valence-electron chi connectivity index (χ4n) is 13.8. The zero-order valence-electron chi connectivity index (χ0n) is 82.9. The van der Waals surface area contributed by atoms with Gasteiger partial charge in [0.1, 0.15) is 0 Å². The summed E-state index contributed by atoms with van der Waals surface area (Å²) >= 11 is 11.4. The molecule has 670 valence electrons. The smallest absolute Gasteiger partial charge is 0.0942 e. The second-order valence-corrected chi connectivity index (χ2v) is 56.4. The summed E-state index contributed by atoms with van der Waals surface area (Å²) in [7, 11) is -8.83. The van der Waals surface area contributed by atoms with E-state index in [1.54, 1.807) is 0 Å². The molecular weight excluding hydrogens is 1870 g/mol. The van der Waals surface area contributed by atoms with Crippen LogP contribution in [-0.2, 0) is 70.4 Å². The summed E-state index contributed by atoms with van der Waals surface area (Å²) < 4.78 is 48.6. The van der Waals surface area contributed by atoms with Gasteiger partial charge in [0.25, 0.3) is 7.37 Å². The Morgan fingerprint density at radius 1 is 0.285 bits per heavy atom. The van der Waals surface area contributed by atoms with Crippen molar-refractivity contribution in [1.29, 1.82) is 0 Å². The summed E-state index contributed by atoms with van der Waals surface area (Å²) in [6.07, 6.45) is 0. The summed E-state index contributed by atoms with van der Waals surface area (Å²) in [5.74, 6) is 0. The van der Waals surface area contributed by atoms with Crippen LogP contribution in [0.4, 0.5) is 0 Å². The van der Waals surface area contributed by atoms with Crippen molar-refractivity contribution in [2.24, 2.45) is 0 Å². The molecule has 0 radical (unpaired) electrons. The Labute approximate surface area is 778 Å². The topological polar surface area (TPSA) is 104 Å². The third-order valence-electron chi connectivity index (χ3n) is 23.1. The predicted octanol–water partition coefficient (Wildman–Crippen LogP) is 28.8. The summed E-state index contributed by atoms with van der Waals surface area (Å²) in [5, 5.41) is 6.26. The van der Waals surface area contributed by atoms with Crippen LogP contribution in [0.5, 0.6) is 0 Å². The van der Waals surface area contributed by atoms with Gasteiger partial charge in [-0.05, 0) is 236 Å². The van der Waals surface area contributed by atoms with Gasteiger partial charge in [-0.15, -0.1) is 0 Å². The summed E-state index contributed by atoms with van der Waals surface area (Å²) in [6, 6.07) is 64.9. The summed E-state index contributed by atoms with van der Waals surface area (Å²) in [5.41, 5.74) is 23.1. The van der Waals surface area contributed by atoms with E-state index < -0.39 is 29.4 Å². The minimum Gasteiger partial charge on any atom is -0.673 e.